The average Bonchev–Trinajstić information content (AvgIpc) is 3.74. The number of nitrogens with zero attached hydrogens (tertiary/aromatic N) is 3. The highest BCUT2D eigenvalue weighted by Crippen LogP contribution is 2.44. The zero-order valence-corrected chi connectivity index (χ0v) is 27.8. The van der Waals surface area contributed by atoms with Crippen LogP contribution in [-0.4, -0.2) is 22.6 Å². The van der Waals surface area contributed by atoms with E-state index in [0.717, 1.165) is 28.3 Å². The summed E-state index contributed by atoms with van der Waals surface area (Å²) in [6.07, 6.45) is 0. The van der Waals surface area contributed by atoms with Crippen LogP contribution in [0.15, 0.2) is 140 Å². The quantitative estimate of drug-likeness (QED) is 0.181. The molecule has 1 aliphatic rings. The highest BCUT2D eigenvalue weighted by atomic mass is 32.1. The summed E-state index contributed by atoms with van der Waals surface area (Å²) in [5.74, 6) is 0.794. The van der Waals surface area contributed by atoms with Gasteiger partial charge in [0.05, 0.1) is 16.7 Å². The SMILES string of the molecule is C[Si]1(C)c2ccccc2-c2c(-c3cccc(-n4c5ccccc5c5c6sc7ccccc7c6ccc54)c3)nc(-c3ccccc3)nc21. The van der Waals surface area contributed by atoms with Crippen molar-refractivity contribution in [1.82, 2.24) is 14.5 Å². The summed E-state index contributed by atoms with van der Waals surface area (Å²) in [7, 11) is -2.04. The van der Waals surface area contributed by atoms with Crippen LogP contribution in [0.4, 0.5) is 0 Å². The Labute approximate surface area is 277 Å². The van der Waals surface area contributed by atoms with Crippen molar-refractivity contribution in [2.45, 2.75) is 13.1 Å². The van der Waals surface area contributed by atoms with E-state index in [-0.39, 0.29) is 0 Å². The summed E-state index contributed by atoms with van der Waals surface area (Å²) >= 11 is 1.89. The Morgan fingerprint density at radius 3 is 2.23 bits per heavy atom. The molecular weight excluding hydrogens is 607 g/mol. The third-order valence-corrected chi connectivity index (χ3v) is 14.5. The van der Waals surface area contributed by atoms with Crippen molar-refractivity contribution in [3.05, 3.63) is 140 Å². The van der Waals surface area contributed by atoms with E-state index in [2.05, 4.69) is 151 Å². The maximum absolute atomic E-state index is 5.37. The van der Waals surface area contributed by atoms with Crippen LogP contribution in [0.2, 0.25) is 13.1 Å². The second-order valence-corrected chi connectivity index (χ2v) is 18.3. The van der Waals surface area contributed by atoms with Crippen molar-refractivity contribution in [3.63, 3.8) is 0 Å². The molecule has 5 heteroatoms. The molecule has 0 spiro atoms. The van der Waals surface area contributed by atoms with Gasteiger partial charge in [-0.1, -0.05) is 122 Å². The highest BCUT2D eigenvalue weighted by molar-refractivity contribution is 7.26. The number of hydrogen-bond acceptors (Lipinski definition) is 3. The van der Waals surface area contributed by atoms with E-state index < -0.39 is 8.07 Å². The van der Waals surface area contributed by atoms with Gasteiger partial charge in [0.15, 0.2) is 5.82 Å². The van der Waals surface area contributed by atoms with Crippen molar-refractivity contribution in [2.75, 3.05) is 0 Å². The predicted molar refractivity (Wildman–Crippen MR) is 202 cm³/mol. The standard InChI is InChI=1S/C42H29N3SSi/c1-47(2)36-22-11-8-19-32(36)38-39(43-41(44-42(38)47)26-13-4-3-5-14-26)27-15-12-16-28(25-27)45-33-20-9-6-18-31(33)37-34(45)24-23-30-29-17-7-10-21-35(29)46-40(30)37/h3-25H,1-2H3. The minimum absolute atomic E-state index is 0.794. The first-order chi connectivity index (χ1) is 23.1. The Morgan fingerprint density at radius 2 is 1.34 bits per heavy atom. The zero-order chi connectivity index (χ0) is 31.3. The molecule has 0 N–H and O–H groups in total. The Morgan fingerprint density at radius 1 is 0.596 bits per heavy atom. The molecule has 0 unspecified atom stereocenters. The van der Waals surface area contributed by atoms with Crippen LogP contribution in [0.25, 0.3) is 81.4 Å². The second-order valence-electron chi connectivity index (χ2n) is 13.0. The third-order valence-electron chi connectivity index (χ3n) is 9.96. The average molecular weight is 636 g/mol. The Kier molecular flexibility index (Phi) is 5.60. The molecule has 3 aromatic heterocycles. The summed E-state index contributed by atoms with van der Waals surface area (Å²) in [6.45, 7) is 4.85. The highest BCUT2D eigenvalue weighted by Gasteiger charge is 2.41. The predicted octanol–water partition coefficient (Wildman–Crippen LogP) is 10.1. The van der Waals surface area contributed by atoms with Crippen molar-refractivity contribution >= 4 is 71.9 Å². The van der Waals surface area contributed by atoms with Crippen LogP contribution in [-0.2, 0) is 0 Å². The maximum Gasteiger partial charge on any atom is 0.159 e. The Balaban J connectivity index is 1.25. The van der Waals surface area contributed by atoms with Gasteiger partial charge in [0, 0.05) is 58.6 Å². The molecule has 9 aromatic rings. The van der Waals surface area contributed by atoms with Crippen LogP contribution < -0.4 is 10.5 Å². The smallest absolute Gasteiger partial charge is 0.159 e. The van der Waals surface area contributed by atoms with E-state index in [1.807, 2.05) is 17.4 Å². The van der Waals surface area contributed by atoms with E-state index in [1.165, 1.54) is 63.6 Å². The van der Waals surface area contributed by atoms with Crippen LogP contribution in [0.3, 0.4) is 0 Å². The molecule has 0 atom stereocenters. The molecule has 3 nitrogen and oxygen atoms in total. The number of aromatic nitrogens is 3. The lowest BCUT2D eigenvalue weighted by Crippen LogP contribution is -2.50. The molecular formula is C42H29N3SSi. The molecule has 0 bridgehead atoms. The number of fused-ring (bicyclic) bond motifs is 10. The van der Waals surface area contributed by atoms with Gasteiger partial charge in [0.1, 0.15) is 8.07 Å². The first-order valence-electron chi connectivity index (χ1n) is 16.1. The number of rotatable bonds is 3. The zero-order valence-electron chi connectivity index (χ0n) is 26.0. The van der Waals surface area contributed by atoms with Gasteiger partial charge in [-0.25, -0.2) is 9.97 Å². The van der Waals surface area contributed by atoms with Gasteiger partial charge >= 0.3 is 0 Å². The fourth-order valence-electron chi connectivity index (χ4n) is 7.77. The van der Waals surface area contributed by atoms with E-state index in [1.54, 1.807) is 0 Å². The van der Waals surface area contributed by atoms with Gasteiger partial charge in [0.2, 0.25) is 0 Å². The van der Waals surface area contributed by atoms with Crippen LogP contribution in [0, 0.1) is 0 Å². The minimum atomic E-state index is -2.04. The van der Waals surface area contributed by atoms with Crippen LogP contribution in [0.1, 0.15) is 0 Å². The molecule has 47 heavy (non-hydrogen) atoms. The summed E-state index contributed by atoms with van der Waals surface area (Å²) in [6, 6.07) is 50.5. The molecule has 0 amide bonds. The Hall–Kier alpha value is -5.36. The van der Waals surface area contributed by atoms with Crippen LogP contribution in [0.5, 0.6) is 0 Å². The van der Waals surface area contributed by atoms with Gasteiger partial charge in [-0.3, -0.25) is 0 Å². The lowest BCUT2D eigenvalue weighted by molar-refractivity contribution is 1.17. The van der Waals surface area contributed by atoms with Crippen molar-refractivity contribution in [2.24, 2.45) is 0 Å². The molecule has 1 aliphatic heterocycles. The largest absolute Gasteiger partial charge is 0.309 e. The van der Waals surface area contributed by atoms with E-state index in [0.29, 0.717) is 0 Å². The summed E-state index contributed by atoms with van der Waals surface area (Å²) in [5, 5.41) is 7.90. The van der Waals surface area contributed by atoms with Gasteiger partial charge in [-0.05, 0) is 41.1 Å². The lowest BCUT2D eigenvalue weighted by Gasteiger charge is -2.19. The molecule has 0 fully saturated rings. The Bertz CT molecular complexity index is 2720. The van der Waals surface area contributed by atoms with E-state index >= 15 is 0 Å². The van der Waals surface area contributed by atoms with E-state index in [4.69, 9.17) is 9.97 Å². The molecule has 0 aliphatic carbocycles. The second kappa shape index (κ2) is 9.82. The first-order valence-corrected chi connectivity index (χ1v) is 19.9. The molecule has 222 valence electrons. The number of hydrogen-bond donors (Lipinski definition) is 0. The van der Waals surface area contributed by atoms with Crippen molar-refractivity contribution < 1.29 is 0 Å². The summed E-state index contributed by atoms with van der Waals surface area (Å²) < 4.78 is 5.11. The maximum atomic E-state index is 5.37. The molecule has 6 aromatic carbocycles. The van der Waals surface area contributed by atoms with Gasteiger partial charge in [0.25, 0.3) is 0 Å². The molecule has 0 radical (unpaired) electrons. The fourth-order valence-corrected chi connectivity index (χ4v) is 11.9. The third kappa shape index (κ3) is 3.78. The molecule has 10 rings (SSSR count). The van der Waals surface area contributed by atoms with Gasteiger partial charge in [-0.2, -0.15) is 0 Å². The van der Waals surface area contributed by atoms with Crippen LogP contribution >= 0.6 is 11.3 Å². The van der Waals surface area contributed by atoms with E-state index in [9.17, 15) is 0 Å². The van der Waals surface area contributed by atoms with Gasteiger partial charge < -0.3 is 4.57 Å². The normalized spacial score (nSPS) is 13.5. The monoisotopic (exact) mass is 635 g/mol. The molecule has 0 saturated carbocycles. The van der Waals surface area contributed by atoms with Gasteiger partial charge in [-0.15, -0.1) is 11.3 Å². The summed E-state index contributed by atoms with van der Waals surface area (Å²) in [5.41, 5.74) is 9.20. The first kappa shape index (κ1) is 26.8. The fraction of sp³-hybridized carbons (Fsp3) is 0.0476. The number of para-hydroxylation sites is 1. The molecule has 0 saturated heterocycles. The molecule has 4 heterocycles. The topological polar surface area (TPSA) is 30.7 Å². The minimum Gasteiger partial charge on any atom is -0.309 e. The number of benzene rings is 6. The lowest BCUT2D eigenvalue weighted by atomic mass is 10.00. The summed E-state index contributed by atoms with van der Waals surface area (Å²) in [4.78, 5) is 10.7. The number of thiophene rings is 1. The van der Waals surface area contributed by atoms with Crippen molar-refractivity contribution in [3.8, 4) is 39.5 Å². The van der Waals surface area contributed by atoms with Crippen molar-refractivity contribution in [1.29, 1.82) is 0 Å².